The van der Waals surface area contributed by atoms with Crippen molar-refractivity contribution in [1.29, 1.82) is 0 Å². The van der Waals surface area contributed by atoms with Crippen LogP contribution in [0.3, 0.4) is 0 Å². The molecule has 10 aromatic carbocycles. The summed E-state index contributed by atoms with van der Waals surface area (Å²) >= 11 is 0. The minimum atomic E-state index is 0.731. The van der Waals surface area contributed by atoms with Crippen molar-refractivity contribution >= 4 is 64.6 Å². The molecular formula is C51H32N2. The molecule has 0 aliphatic rings. The summed E-state index contributed by atoms with van der Waals surface area (Å²) in [7, 11) is 0. The van der Waals surface area contributed by atoms with Gasteiger partial charge in [-0.3, -0.25) is 0 Å². The first-order valence-corrected chi connectivity index (χ1v) is 18.2. The predicted molar refractivity (Wildman–Crippen MR) is 225 cm³/mol. The lowest BCUT2D eigenvalue weighted by molar-refractivity contribution is 1.18. The van der Waals surface area contributed by atoms with Crippen LogP contribution in [0.15, 0.2) is 176 Å². The van der Waals surface area contributed by atoms with Crippen LogP contribution >= 0.6 is 0 Å². The number of hydrogen-bond acceptors (Lipinski definition) is 2. The zero-order valence-electron chi connectivity index (χ0n) is 29.1. The second-order valence-electron chi connectivity index (χ2n) is 14.2. The van der Waals surface area contributed by atoms with E-state index in [-0.39, 0.29) is 0 Å². The Labute approximate surface area is 307 Å². The van der Waals surface area contributed by atoms with Crippen molar-refractivity contribution in [3.8, 4) is 44.8 Å². The van der Waals surface area contributed by atoms with Gasteiger partial charge in [0.25, 0.3) is 0 Å². The van der Waals surface area contributed by atoms with E-state index < -0.39 is 0 Å². The van der Waals surface area contributed by atoms with Crippen LogP contribution in [0, 0.1) is 6.92 Å². The summed E-state index contributed by atoms with van der Waals surface area (Å²) in [6.45, 7) is 2.19. The van der Waals surface area contributed by atoms with Gasteiger partial charge in [-0.1, -0.05) is 152 Å². The van der Waals surface area contributed by atoms with Crippen molar-refractivity contribution < 1.29 is 0 Å². The van der Waals surface area contributed by atoms with Gasteiger partial charge in [0, 0.05) is 18.0 Å². The van der Waals surface area contributed by atoms with Crippen LogP contribution < -0.4 is 0 Å². The SMILES string of the molecule is Cc1cc2ccc3ccc(-c4ccc(-c5c6ccccc6c(-c6ncccn6)c6cc(-c7ccccc7)ccc56)c5ccccc45)c4ccc(c1)c2c34. The lowest BCUT2D eigenvalue weighted by atomic mass is 9.83. The van der Waals surface area contributed by atoms with E-state index in [1.807, 2.05) is 18.5 Å². The third kappa shape index (κ3) is 4.52. The Morgan fingerprint density at radius 3 is 1.66 bits per heavy atom. The maximum absolute atomic E-state index is 4.80. The molecule has 1 aromatic heterocycles. The average Bonchev–Trinajstić information content (AvgIpc) is 3.22. The van der Waals surface area contributed by atoms with E-state index in [0.29, 0.717) is 0 Å². The normalized spacial score (nSPS) is 11.9. The summed E-state index contributed by atoms with van der Waals surface area (Å²) in [6.07, 6.45) is 3.67. The molecule has 0 aliphatic heterocycles. The molecule has 246 valence electrons. The molecule has 53 heavy (non-hydrogen) atoms. The van der Waals surface area contributed by atoms with Crippen molar-refractivity contribution in [3.63, 3.8) is 0 Å². The summed E-state index contributed by atoms with van der Waals surface area (Å²) in [5, 5.41) is 15.0. The van der Waals surface area contributed by atoms with Gasteiger partial charge in [-0.15, -0.1) is 0 Å². The largest absolute Gasteiger partial charge is 0.237 e. The van der Waals surface area contributed by atoms with Crippen LogP contribution in [-0.4, -0.2) is 9.97 Å². The van der Waals surface area contributed by atoms with Gasteiger partial charge in [-0.2, -0.15) is 0 Å². The van der Waals surface area contributed by atoms with Crippen molar-refractivity contribution in [2.45, 2.75) is 6.92 Å². The summed E-state index contributed by atoms with van der Waals surface area (Å²) in [5.74, 6) is 0.731. The van der Waals surface area contributed by atoms with E-state index in [1.165, 1.54) is 92.8 Å². The number of aryl methyl sites for hydroxylation is 1. The highest BCUT2D eigenvalue weighted by molar-refractivity contribution is 6.28. The average molecular weight is 673 g/mol. The van der Waals surface area contributed by atoms with Crippen LogP contribution in [-0.2, 0) is 0 Å². The topological polar surface area (TPSA) is 25.8 Å². The summed E-state index contributed by atoms with van der Waals surface area (Å²) in [5.41, 5.74) is 9.64. The number of aromatic nitrogens is 2. The smallest absolute Gasteiger partial charge is 0.160 e. The summed E-state index contributed by atoms with van der Waals surface area (Å²) in [6, 6.07) is 60.2. The van der Waals surface area contributed by atoms with Crippen LogP contribution in [0.5, 0.6) is 0 Å². The number of hydrogen-bond donors (Lipinski definition) is 0. The zero-order valence-corrected chi connectivity index (χ0v) is 29.1. The number of fused-ring (bicyclic) bond motifs is 3. The third-order valence-electron chi connectivity index (χ3n) is 11.1. The van der Waals surface area contributed by atoms with E-state index in [4.69, 9.17) is 9.97 Å². The Hall–Kier alpha value is -6.90. The fourth-order valence-electron chi connectivity index (χ4n) is 8.91. The van der Waals surface area contributed by atoms with Gasteiger partial charge < -0.3 is 0 Å². The second kappa shape index (κ2) is 11.6. The first kappa shape index (κ1) is 29.8. The highest BCUT2D eigenvalue weighted by Crippen LogP contribution is 2.48. The van der Waals surface area contributed by atoms with E-state index >= 15 is 0 Å². The fourth-order valence-corrected chi connectivity index (χ4v) is 8.91. The molecule has 2 heteroatoms. The highest BCUT2D eigenvalue weighted by atomic mass is 14.9. The molecule has 1 heterocycles. The monoisotopic (exact) mass is 672 g/mol. The Balaban J connectivity index is 1.21. The Kier molecular flexibility index (Phi) is 6.50. The van der Waals surface area contributed by atoms with Crippen LogP contribution in [0.1, 0.15) is 5.56 Å². The van der Waals surface area contributed by atoms with Crippen molar-refractivity contribution in [1.82, 2.24) is 9.97 Å². The molecule has 0 unspecified atom stereocenters. The Bertz CT molecular complexity index is 3200. The minimum Gasteiger partial charge on any atom is -0.237 e. The Morgan fingerprint density at radius 1 is 0.340 bits per heavy atom. The molecule has 0 fully saturated rings. The van der Waals surface area contributed by atoms with E-state index in [0.717, 1.165) is 22.2 Å². The van der Waals surface area contributed by atoms with E-state index in [2.05, 4.69) is 165 Å². The molecule has 0 spiro atoms. The standard InChI is InChI=1S/C51H32N2/c1-31-28-35-17-16-33-18-21-40(43-23-20-36(29-31)47(35)48(33)43)39-24-25-44(38-13-6-5-12-37(38)39)49-41-14-7-8-15-42(41)50(51-52-26-9-27-53-51)46-30-34(19-22-45(46)49)32-10-3-2-4-11-32/h2-30H,1H3. The molecular weight excluding hydrogens is 641 g/mol. The van der Waals surface area contributed by atoms with Crippen molar-refractivity contribution in [3.05, 3.63) is 182 Å². The molecule has 0 saturated carbocycles. The molecule has 0 atom stereocenters. The van der Waals surface area contributed by atoms with E-state index in [1.54, 1.807) is 0 Å². The number of nitrogens with zero attached hydrogens (tertiary/aromatic N) is 2. The van der Waals surface area contributed by atoms with Crippen molar-refractivity contribution in [2.24, 2.45) is 0 Å². The van der Waals surface area contributed by atoms with Crippen LogP contribution in [0.2, 0.25) is 0 Å². The first-order valence-electron chi connectivity index (χ1n) is 18.2. The van der Waals surface area contributed by atoms with Gasteiger partial charge in [-0.25, -0.2) is 9.97 Å². The van der Waals surface area contributed by atoms with Gasteiger partial charge in [0.15, 0.2) is 5.82 Å². The number of rotatable bonds is 4. The van der Waals surface area contributed by atoms with Gasteiger partial charge in [0.2, 0.25) is 0 Å². The van der Waals surface area contributed by atoms with Crippen LogP contribution in [0.4, 0.5) is 0 Å². The molecule has 0 aliphatic carbocycles. The maximum atomic E-state index is 4.80. The molecule has 0 N–H and O–H groups in total. The second-order valence-corrected chi connectivity index (χ2v) is 14.2. The molecule has 0 bridgehead atoms. The van der Waals surface area contributed by atoms with Gasteiger partial charge in [0.1, 0.15) is 0 Å². The lowest BCUT2D eigenvalue weighted by Crippen LogP contribution is -1.95. The molecule has 11 rings (SSSR count). The Morgan fingerprint density at radius 2 is 0.887 bits per heavy atom. The summed E-state index contributed by atoms with van der Waals surface area (Å²) in [4.78, 5) is 9.60. The molecule has 0 radical (unpaired) electrons. The molecule has 11 aromatic rings. The first-order chi connectivity index (χ1) is 26.2. The van der Waals surface area contributed by atoms with E-state index in [9.17, 15) is 0 Å². The molecule has 2 nitrogen and oxygen atoms in total. The van der Waals surface area contributed by atoms with Gasteiger partial charge in [0.05, 0.1) is 0 Å². The lowest BCUT2D eigenvalue weighted by Gasteiger charge is -2.20. The van der Waals surface area contributed by atoms with Gasteiger partial charge in [-0.05, 0) is 123 Å². The highest BCUT2D eigenvalue weighted by Gasteiger charge is 2.21. The summed E-state index contributed by atoms with van der Waals surface area (Å²) < 4.78 is 0. The zero-order chi connectivity index (χ0) is 35.0. The minimum absolute atomic E-state index is 0.731. The fraction of sp³-hybridized carbons (Fsp3) is 0.0196. The van der Waals surface area contributed by atoms with Gasteiger partial charge >= 0.3 is 0 Å². The molecule has 0 saturated heterocycles. The molecule has 0 amide bonds. The quantitative estimate of drug-likeness (QED) is 0.137. The van der Waals surface area contributed by atoms with Crippen molar-refractivity contribution in [2.75, 3.05) is 0 Å². The van der Waals surface area contributed by atoms with Crippen LogP contribution in [0.25, 0.3) is 109 Å². The predicted octanol–water partition coefficient (Wildman–Crippen LogP) is 13.8. The maximum Gasteiger partial charge on any atom is 0.160 e. The number of benzene rings is 10. The third-order valence-corrected chi connectivity index (χ3v) is 11.1.